The van der Waals surface area contributed by atoms with Gasteiger partial charge < -0.3 is 22.2 Å². The van der Waals surface area contributed by atoms with E-state index < -0.39 is 0 Å². The van der Waals surface area contributed by atoms with E-state index in [-0.39, 0.29) is 0 Å². The number of nitrogens with zero attached hydrogens (tertiary/aromatic N) is 8. The van der Waals surface area contributed by atoms with Crippen molar-refractivity contribution in [1.82, 2.24) is 37.7 Å². The first-order valence-corrected chi connectivity index (χ1v) is 43.6. The standard InChI is InChI=1S/C41H25N3.C40H23N3O.C35H20N2S/c1-2-12-30(13-3-1)43-38-20-19-28(23-35(38)40-39(43)18-9-21-42-40)26-10-8-11-27(22-26)29-24-33-31-14-4-6-16-36(31)44-37-17-7-5-15-32(37)34(25-29)41(33)44;1-2-11-24(12-3-1)36-39-37(30-17-6-9-20-35(30)44-39)42-40(41-36)26-14-10-13-25(21-26)27-22-31-28-15-4-7-18-33(28)43-34-19-8-5-16-29(34)32(23-27)38(31)43;1-3-11-30-25(9-1)27-19-24(20-28-26-10-2-4-12-31(26)37(30)35(27)28)22-8-5-7-21(17-22)23-14-15-32-29(18-23)34-33(38-32)13-6-16-36-34/h1-25H;1-23H;1-20H. The summed E-state index contributed by atoms with van der Waals surface area (Å²) < 4.78 is 18.4. The number of furan rings is 1. The molecule has 0 unspecified atom stereocenters. The molecule has 0 bridgehead atoms. The van der Waals surface area contributed by atoms with Crippen LogP contribution in [0.3, 0.4) is 0 Å². The lowest BCUT2D eigenvalue weighted by Crippen LogP contribution is -1.94. The van der Waals surface area contributed by atoms with Crippen molar-refractivity contribution >= 4 is 190 Å². The number of fused-ring (bicyclic) bond motifs is 27. The van der Waals surface area contributed by atoms with Crippen molar-refractivity contribution in [2.75, 3.05) is 0 Å². The van der Waals surface area contributed by atoms with Crippen LogP contribution in [0.25, 0.3) is 263 Å². The van der Waals surface area contributed by atoms with E-state index in [4.69, 9.17) is 19.4 Å². The van der Waals surface area contributed by atoms with Gasteiger partial charge in [0, 0.05) is 115 Å². The first-order valence-electron chi connectivity index (χ1n) is 42.8. The van der Waals surface area contributed by atoms with Crippen molar-refractivity contribution in [1.29, 1.82) is 0 Å². The second kappa shape index (κ2) is 27.4. The fourth-order valence-corrected chi connectivity index (χ4v) is 21.6. The smallest absolute Gasteiger partial charge is 0.180 e. The Labute approximate surface area is 723 Å². The van der Waals surface area contributed by atoms with Crippen LogP contribution in [0.15, 0.2) is 417 Å². The molecule has 0 spiro atoms. The highest BCUT2D eigenvalue weighted by Gasteiger charge is 2.26. The summed E-state index contributed by atoms with van der Waals surface area (Å²) in [5.41, 5.74) is 34.1. The molecule has 12 heterocycles. The van der Waals surface area contributed by atoms with Crippen molar-refractivity contribution in [3.8, 4) is 84.0 Å². The van der Waals surface area contributed by atoms with E-state index in [9.17, 15) is 0 Å². The van der Waals surface area contributed by atoms with E-state index in [2.05, 4.69) is 375 Å². The molecule has 29 rings (SSSR count). The minimum atomic E-state index is 0.678. The van der Waals surface area contributed by atoms with E-state index in [0.29, 0.717) is 11.4 Å². The van der Waals surface area contributed by atoms with Crippen LogP contribution in [0, 0.1) is 0 Å². The van der Waals surface area contributed by atoms with Gasteiger partial charge in [0.05, 0.1) is 76.4 Å². The van der Waals surface area contributed by atoms with Crippen LogP contribution >= 0.6 is 11.3 Å². The Kier molecular flexibility index (Phi) is 15.3. The number of benzene rings is 17. The van der Waals surface area contributed by atoms with Gasteiger partial charge in [0.1, 0.15) is 16.8 Å². The van der Waals surface area contributed by atoms with Crippen molar-refractivity contribution in [3.05, 3.63) is 413 Å². The van der Waals surface area contributed by atoms with Gasteiger partial charge in [-0.15, -0.1) is 11.3 Å². The molecule has 12 aromatic heterocycles. The van der Waals surface area contributed by atoms with Gasteiger partial charge in [0.2, 0.25) is 0 Å². The number of thiophene rings is 1. The predicted octanol–water partition coefficient (Wildman–Crippen LogP) is 31.1. The molecule has 9 nitrogen and oxygen atoms in total. The number of para-hydroxylation sites is 8. The van der Waals surface area contributed by atoms with E-state index in [1.807, 2.05) is 72.3 Å². The minimum absolute atomic E-state index is 0.678. The van der Waals surface area contributed by atoms with E-state index in [1.165, 1.54) is 179 Å². The predicted molar refractivity (Wildman–Crippen MR) is 527 cm³/mol. The molecule has 0 atom stereocenters. The Hall–Kier alpha value is -16.7. The van der Waals surface area contributed by atoms with Gasteiger partial charge in [0.15, 0.2) is 11.4 Å². The second-order valence-corrected chi connectivity index (χ2v) is 34.2. The fourth-order valence-electron chi connectivity index (χ4n) is 20.6. The van der Waals surface area contributed by atoms with Crippen molar-refractivity contribution in [3.63, 3.8) is 0 Å². The molecular weight excluding hydrogens is 1550 g/mol. The lowest BCUT2D eigenvalue weighted by atomic mass is 9.96. The molecular formula is C116H68N8OS. The molecule has 17 aromatic carbocycles. The average molecular weight is 1620 g/mol. The van der Waals surface area contributed by atoms with E-state index >= 15 is 0 Å². The van der Waals surface area contributed by atoms with Crippen molar-refractivity contribution in [2.24, 2.45) is 0 Å². The zero-order chi connectivity index (χ0) is 82.3. The fraction of sp³-hybridized carbons (Fsp3) is 0. The van der Waals surface area contributed by atoms with Gasteiger partial charge in [0.25, 0.3) is 0 Å². The average Bonchev–Trinajstić information content (AvgIpc) is 1.55. The maximum atomic E-state index is 6.32. The van der Waals surface area contributed by atoms with E-state index in [0.717, 1.165) is 72.0 Å². The molecule has 584 valence electrons. The normalized spacial score (nSPS) is 12.1. The minimum Gasteiger partial charge on any atom is -0.452 e. The lowest BCUT2D eigenvalue weighted by Gasteiger charge is -2.09. The Morgan fingerprint density at radius 3 is 1.07 bits per heavy atom. The van der Waals surface area contributed by atoms with Crippen LogP contribution in [-0.4, -0.2) is 37.7 Å². The first kappa shape index (κ1) is 70.1. The highest BCUT2D eigenvalue weighted by molar-refractivity contribution is 7.25. The monoisotopic (exact) mass is 1620 g/mol. The zero-order valence-electron chi connectivity index (χ0n) is 67.7. The van der Waals surface area contributed by atoms with Gasteiger partial charge >= 0.3 is 0 Å². The van der Waals surface area contributed by atoms with Crippen LogP contribution in [0.1, 0.15) is 0 Å². The third kappa shape index (κ3) is 10.6. The van der Waals surface area contributed by atoms with Crippen molar-refractivity contribution in [2.45, 2.75) is 0 Å². The number of hydrogen-bond acceptors (Lipinski definition) is 6. The summed E-state index contributed by atoms with van der Waals surface area (Å²) in [6, 6.07) is 144. The summed E-state index contributed by atoms with van der Waals surface area (Å²) in [6.45, 7) is 0. The molecule has 0 saturated heterocycles. The maximum Gasteiger partial charge on any atom is 0.180 e. The molecule has 0 amide bonds. The topological polar surface area (TPSA) is 82.9 Å². The number of rotatable bonds is 8. The van der Waals surface area contributed by atoms with Crippen LogP contribution in [-0.2, 0) is 0 Å². The van der Waals surface area contributed by atoms with Gasteiger partial charge in [-0.05, 0) is 219 Å². The first-order chi connectivity index (χ1) is 62.5. The number of pyridine rings is 2. The number of aromatic nitrogens is 8. The molecule has 0 aliphatic heterocycles. The molecule has 0 aliphatic carbocycles. The Morgan fingerprint density at radius 1 is 0.214 bits per heavy atom. The molecule has 0 N–H and O–H groups in total. The quantitative estimate of drug-likeness (QED) is 0.151. The highest BCUT2D eigenvalue weighted by Crippen LogP contribution is 2.48. The van der Waals surface area contributed by atoms with Crippen LogP contribution < -0.4 is 0 Å². The molecule has 29 aromatic rings. The molecule has 0 fully saturated rings. The van der Waals surface area contributed by atoms with Crippen LogP contribution in [0.4, 0.5) is 0 Å². The Balaban J connectivity index is 0.0000000986. The molecule has 0 radical (unpaired) electrons. The molecule has 0 saturated carbocycles. The summed E-state index contributed by atoms with van der Waals surface area (Å²) in [5.74, 6) is 0.678. The summed E-state index contributed by atoms with van der Waals surface area (Å²) in [7, 11) is 0. The van der Waals surface area contributed by atoms with Gasteiger partial charge in [-0.3, -0.25) is 9.97 Å². The summed E-state index contributed by atoms with van der Waals surface area (Å²) in [6.07, 6.45) is 3.77. The van der Waals surface area contributed by atoms with Gasteiger partial charge in [-0.2, -0.15) is 0 Å². The molecule has 126 heavy (non-hydrogen) atoms. The van der Waals surface area contributed by atoms with Crippen molar-refractivity contribution < 1.29 is 4.42 Å². The lowest BCUT2D eigenvalue weighted by molar-refractivity contribution is 0.667. The summed E-state index contributed by atoms with van der Waals surface area (Å²) in [5, 5.41) is 18.9. The SMILES string of the molecule is c1cc(-c2ccc3sc4cccnc4c3c2)cc(-c2cc3c4ccccc4n4c5ccccc5c(c2)c34)c1.c1ccc(-c2nc(-c3cccc(-c4cc5c6ccccc6n6c7ccccc7c(c4)c56)c3)nc3c2oc2ccccc23)cc1.c1ccc(-n2c3ccc(-c4cccc(-c5cc6c7ccccc7n7c8ccccc8c(c5)c67)c4)cc3c3ncccc32)cc1. The van der Waals surface area contributed by atoms with Crippen LogP contribution in [0.5, 0.6) is 0 Å². The van der Waals surface area contributed by atoms with Gasteiger partial charge in [-0.25, -0.2) is 9.97 Å². The van der Waals surface area contributed by atoms with Gasteiger partial charge in [-0.1, -0.05) is 237 Å². The second-order valence-electron chi connectivity index (χ2n) is 33.1. The summed E-state index contributed by atoms with van der Waals surface area (Å²) >= 11 is 1.81. The Morgan fingerprint density at radius 2 is 0.579 bits per heavy atom. The number of hydrogen-bond donors (Lipinski definition) is 0. The van der Waals surface area contributed by atoms with Crippen LogP contribution in [0.2, 0.25) is 0 Å². The zero-order valence-corrected chi connectivity index (χ0v) is 68.5. The highest BCUT2D eigenvalue weighted by atomic mass is 32.1. The summed E-state index contributed by atoms with van der Waals surface area (Å²) in [4.78, 5) is 19.7. The third-order valence-electron chi connectivity index (χ3n) is 26.2. The third-order valence-corrected chi connectivity index (χ3v) is 27.3. The molecule has 0 aliphatic rings. The Bertz CT molecular complexity index is 9260. The maximum absolute atomic E-state index is 6.32. The van der Waals surface area contributed by atoms with E-state index in [1.54, 1.807) is 0 Å². The largest absolute Gasteiger partial charge is 0.452 e. The molecule has 10 heteroatoms.